The Bertz CT molecular complexity index is 532. The van der Waals surface area contributed by atoms with Crippen molar-refractivity contribution in [3.8, 4) is 5.75 Å². The summed E-state index contributed by atoms with van der Waals surface area (Å²) in [5.74, 6) is 2.24. The van der Waals surface area contributed by atoms with Gasteiger partial charge in [0.2, 0.25) is 0 Å². The van der Waals surface area contributed by atoms with Crippen molar-refractivity contribution < 1.29 is 4.74 Å². The van der Waals surface area contributed by atoms with Gasteiger partial charge < -0.3 is 26.4 Å². The van der Waals surface area contributed by atoms with Crippen LogP contribution >= 0.6 is 0 Å². The zero-order valence-corrected chi connectivity index (χ0v) is 13.5. The molecule has 1 aromatic carbocycles. The topological polar surface area (TPSA) is 71.3 Å². The smallest absolute Gasteiger partial charge is 0.147 e. The number of rotatable bonds is 8. The first-order valence-electron chi connectivity index (χ1n) is 7.66. The van der Waals surface area contributed by atoms with Crippen LogP contribution in [0.2, 0.25) is 0 Å². The van der Waals surface area contributed by atoms with Gasteiger partial charge in [0.25, 0.3) is 0 Å². The molecule has 0 amide bonds. The van der Waals surface area contributed by atoms with Gasteiger partial charge in [-0.3, -0.25) is 0 Å². The Kier molecular flexibility index (Phi) is 5.72. The van der Waals surface area contributed by atoms with Crippen LogP contribution in [-0.4, -0.2) is 20.3 Å². The van der Waals surface area contributed by atoms with Crippen LogP contribution in [0.3, 0.4) is 0 Å². The van der Waals surface area contributed by atoms with Crippen LogP contribution < -0.4 is 26.4 Å². The van der Waals surface area contributed by atoms with E-state index in [1.165, 1.54) is 12.8 Å². The molecule has 1 aliphatic rings. The third kappa shape index (κ3) is 4.70. The summed E-state index contributed by atoms with van der Waals surface area (Å²) in [6.45, 7) is 2.03. The lowest BCUT2D eigenvalue weighted by molar-refractivity contribution is 0.403. The summed E-state index contributed by atoms with van der Waals surface area (Å²) < 4.78 is 5.99. The highest BCUT2D eigenvalue weighted by atomic mass is 16.5. The first kappa shape index (κ1) is 16.2. The van der Waals surface area contributed by atoms with E-state index in [0.29, 0.717) is 5.92 Å². The maximum Gasteiger partial charge on any atom is 0.147 e. The first-order valence-corrected chi connectivity index (χ1v) is 7.66. The summed E-state index contributed by atoms with van der Waals surface area (Å²) in [5.41, 5.74) is 7.43. The molecule has 22 heavy (non-hydrogen) atoms. The minimum absolute atomic E-state index is 0.285. The molecule has 5 heteroatoms. The van der Waals surface area contributed by atoms with E-state index >= 15 is 0 Å². The van der Waals surface area contributed by atoms with Gasteiger partial charge in [-0.1, -0.05) is 0 Å². The minimum atomic E-state index is 0.285. The normalized spacial score (nSPS) is 17.0. The molecule has 120 valence electrons. The van der Waals surface area contributed by atoms with Crippen LogP contribution in [0.5, 0.6) is 5.75 Å². The molecule has 0 spiro atoms. The largest absolute Gasteiger partial charge is 0.456 e. The highest BCUT2D eigenvalue weighted by Crippen LogP contribution is 2.32. The second-order valence-electron chi connectivity index (χ2n) is 5.53. The number of hydrogen-bond acceptors (Lipinski definition) is 5. The molecule has 5 nitrogen and oxygen atoms in total. The van der Waals surface area contributed by atoms with E-state index in [4.69, 9.17) is 10.5 Å². The maximum absolute atomic E-state index is 5.99. The van der Waals surface area contributed by atoms with Crippen molar-refractivity contribution in [1.29, 1.82) is 0 Å². The van der Waals surface area contributed by atoms with Crippen molar-refractivity contribution in [1.82, 2.24) is 16.0 Å². The van der Waals surface area contributed by atoms with Gasteiger partial charge in [-0.25, -0.2) is 0 Å². The van der Waals surface area contributed by atoms with E-state index < -0.39 is 0 Å². The lowest BCUT2D eigenvalue weighted by Crippen LogP contribution is -2.41. The fourth-order valence-electron chi connectivity index (χ4n) is 2.22. The number of ether oxygens (including phenoxy) is 1. The summed E-state index contributed by atoms with van der Waals surface area (Å²) in [5, 5.41) is 9.82. The quantitative estimate of drug-likeness (QED) is 0.256. The predicted octanol–water partition coefficient (Wildman–Crippen LogP) is 2.16. The van der Waals surface area contributed by atoms with Crippen LogP contribution in [0.1, 0.15) is 19.8 Å². The molecule has 1 atom stereocenters. The zero-order chi connectivity index (χ0) is 15.9. The Balaban J connectivity index is 2.13. The number of benzene rings is 1. The number of anilines is 1. The highest BCUT2D eigenvalue weighted by molar-refractivity contribution is 5.42. The lowest BCUT2D eigenvalue weighted by Gasteiger charge is -2.21. The molecule has 1 aromatic rings. The molecule has 0 radical (unpaired) electrons. The molecule has 0 bridgehead atoms. The first-order chi connectivity index (χ1) is 10.6. The molecule has 1 aliphatic carbocycles. The second-order valence-corrected chi connectivity index (χ2v) is 5.53. The predicted molar refractivity (Wildman–Crippen MR) is 91.1 cm³/mol. The Morgan fingerprint density at radius 3 is 2.50 bits per heavy atom. The maximum atomic E-state index is 5.99. The van der Waals surface area contributed by atoms with E-state index in [9.17, 15) is 0 Å². The molecule has 0 heterocycles. The Hall–Kier alpha value is -2.14. The molecule has 0 aromatic heterocycles. The Morgan fingerprint density at radius 1 is 1.27 bits per heavy atom. The SMILES string of the molecule is CN/C=C\C(Oc1ccc(N)cc1)=C(/C)NC(NC)C1CC1. The summed E-state index contributed by atoms with van der Waals surface area (Å²) in [6, 6.07) is 7.40. The van der Waals surface area contributed by atoms with Gasteiger partial charge in [0.05, 0.1) is 11.9 Å². The molecule has 1 unspecified atom stereocenters. The third-order valence-electron chi connectivity index (χ3n) is 3.66. The van der Waals surface area contributed by atoms with E-state index in [1.54, 1.807) is 0 Å². The van der Waals surface area contributed by atoms with Crippen molar-refractivity contribution >= 4 is 5.69 Å². The van der Waals surface area contributed by atoms with Gasteiger partial charge in [0.1, 0.15) is 11.5 Å². The number of nitrogens with one attached hydrogen (secondary N) is 3. The number of allylic oxidation sites excluding steroid dienone is 2. The molecule has 0 saturated heterocycles. The van der Waals surface area contributed by atoms with Crippen LogP contribution in [0.4, 0.5) is 5.69 Å². The summed E-state index contributed by atoms with van der Waals surface area (Å²) >= 11 is 0. The van der Waals surface area contributed by atoms with Gasteiger partial charge in [-0.2, -0.15) is 0 Å². The van der Waals surface area contributed by atoms with Gasteiger partial charge in [-0.05, 0) is 69.3 Å². The summed E-state index contributed by atoms with van der Waals surface area (Å²) in [6.07, 6.45) is 6.59. The number of nitrogens with two attached hydrogens (primary N) is 1. The average molecular weight is 302 g/mol. The monoisotopic (exact) mass is 302 g/mol. The zero-order valence-electron chi connectivity index (χ0n) is 13.5. The molecular formula is C17H26N4O. The fourth-order valence-corrected chi connectivity index (χ4v) is 2.22. The Morgan fingerprint density at radius 2 is 1.95 bits per heavy atom. The number of nitrogen functional groups attached to an aromatic ring is 1. The molecule has 1 fully saturated rings. The molecule has 5 N–H and O–H groups in total. The van der Waals surface area contributed by atoms with E-state index in [-0.39, 0.29) is 6.17 Å². The third-order valence-corrected chi connectivity index (χ3v) is 3.66. The molecule has 1 saturated carbocycles. The van der Waals surface area contributed by atoms with Gasteiger partial charge in [-0.15, -0.1) is 0 Å². The fraction of sp³-hybridized carbons (Fsp3) is 0.412. The van der Waals surface area contributed by atoms with Gasteiger partial charge in [0.15, 0.2) is 0 Å². The highest BCUT2D eigenvalue weighted by Gasteiger charge is 2.30. The molecule has 2 rings (SSSR count). The van der Waals surface area contributed by atoms with Crippen LogP contribution in [0.25, 0.3) is 0 Å². The second kappa shape index (κ2) is 7.75. The van der Waals surface area contributed by atoms with Crippen molar-refractivity contribution in [3.05, 3.63) is 48.0 Å². The van der Waals surface area contributed by atoms with Crippen LogP contribution in [0.15, 0.2) is 48.0 Å². The molecule has 0 aliphatic heterocycles. The number of hydrogen-bond donors (Lipinski definition) is 4. The average Bonchev–Trinajstić information content (AvgIpc) is 3.35. The minimum Gasteiger partial charge on any atom is -0.456 e. The van der Waals surface area contributed by atoms with Crippen molar-refractivity contribution in [2.75, 3.05) is 19.8 Å². The van der Waals surface area contributed by atoms with Crippen LogP contribution in [-0.2, 0) is 0 Å². The van der Waals surface area contributed by atoms with Gasteiger partial charge in [0, 0.05) is 12.7 Å². The van der Waals surface area contributed by atoms with E-state index in [1.807, 2.05) is 57.6 Å². The standard InChI is InChI=1S/C17H26N4O/c1-12(21-17(20-3)13-4-5-13)16(10-11-19-2)22-15-8-6-14(18)7-9-15/h6-11,13,17,19-21H,4-5,18H2,1-3H3/b11-10-,16-12-. The summed E-state index contributed by atoms with van der Waals surface area (Å²) in [4.78, 5) is 0. The van der Waals surface area contributed by atoms with Crippen LogP contribution in [0, 0.1) is 5.92 Å². The van der Waals surface area contributed by atoms with Crippen molar-refractivity contribution in [2.45, 2.75) is 25.9 Å². The molecular weight excluding hydrogens is 276 g/mol. The Labute approximate surface area is 132 Å². The van der Waals surface area contributed by atoms with Crippen molar-refractivity contribution in [2.24, 2.45) is 5.92 Å². The van der Waals surface area contributed by atoms with Crippen molar-refractivity contribution in [3.63, 3.8) is 0 Å². The van der Waals surface area contributed by atoms with E-state index in [2.05, 4.69) is 16.0 Å². The van der Waals surface area contributed by atoms with E-state index in [0.717, 1.165) is 22.9 Å². The van der Waals surface area contributed by atoms with Gasteiger partial charge >= 0.3 is 0 Å². The lowest BCUT2D eigenvalue weighted by atomic mass is 10.2. The summed E-state index contributed by atoms with van der Waals surface area (Å²) in [7, 11) is 3.84.